The van der Waals surface area contributed by atoms with Crippen molar-refractivity contribution in [1.82, 2.24) is 4.90 Å². The first-order chi connectivity index (χ1) is 12.1. The second kappa shape index (κ2) is 7.70. The highest BCUT2D eigenvalue weighted by atomic mass is 79.9. The molecule has 6 heteroatoms. The predicted octanol–water partition coefficient (Wildman–Crippen LogP) is 3.86. The number of hydrogen-bond donors (Lipinski definition) is 0. The van der Waals surface area contributed by atoms with Crippen molar-refractivity contribution in [2.45, 2.75) is 19.1 Å². The highest BCUT2D eigenvalue weighted by Crippen LogP contribution is 2.33. The van der Waals surface area contributed by atoms with Gasteiger partial charge in [-0.2, -0.15) is 0 Å². The maximum absolute atomic E-state index is 12.6. The van der Waals surface area contributed by atoms with Gasteiger partial charge in [0.15, 0.2) is 6.04 Å². The van der Waals surface area contributed by atoms with Crippen LogP contribution in [0.3, 0.4) is 0 Å². The van der Waals surface area contributed by atoms with Gasteiger partial charge in [-0.15, -0.1) is 0 Å². The van der Waals surface area contributed by atoms with Gasteiger partial charge in [-0.1, -0.05) is 52.3 Å². The van der Waals surface area contributed by atoms with E-state index in [-0.39, 0.29) is 6.61 Å². The minimum Gasteiger partial charge on any atom is -0.467 e. The van der Waals surface area contributed by atoms with Crippen molar-refractivity contribution in [2.75, 3.05) is 13.7 Å². The minimum atomic E-state index is -0.797. The lowest BCUT2D eigenvalue weighted by Crippen LogP contribution is -2.44. The van der Waals surface area contributed by atoms with Gasteiger partial charge in [-0.25, -0.2) is 9.59 Å². The monoisotopic (exact) mass is 403 g/mol. The van der Waals surface area contributed by atoms with E-state index in [0.29, 0.717) is 13.0 Å². The Morgan fingerprint density at radius 3 is 2.68 bits per heavy atom. The molecule has 130 valence electrons. The average Bonchev–Trinajstić information content (AvgIpc) is 2.65. The molecule has 0 saturated heterocycles. The second-order valence-corrected chi connectivity index (χ2v) is 6.67. The van der Waals surface area contributed by atoms with Crippen LogP contribution in [0.1, 0.15) is 22.7 Å². The number of carbonyl (C=O) groups is 2. The zero-order valence-corrected chi connectivity index (χ0v) is 15.4. The molecule has 0 aromatic heterocycles. The van der Waals surface area contributed by atoms with E-state index >= 15 is 0 Å². The van der Waals surface area contributed by atoms with Crippen molar-refractivity contribution < 1.29 is 19.1 Å². The number of amides is 1. The van der Waals surface area contributed by atoms with E-state index < -0.39 is 18.1 Å². The third-order valence-electron chi connectivity index (χ3n) is 4.20. The van der Waals surface area contributed by atoms with E-state index in [0.717, 1.165) is 21.2 Å². The lowest BCUT2D eigenvalue weighted by atomic mass is 9.93. The molecular formula is C19H18BrNO4. The van der Waals surface area contributed by atoms with E-state index in [4.69, 9.17) is 9.47 Å². The third-order valence-corrected chi connectivity index (χ3v) is 4.69. The van der Waals surface area contributed by atoms with Gasteiger partial charge in [0.25, 0.3) is 0 Å². The maximum atomic E-state index is 12.6. The van der Waals surface area contributed by atoms with E-state index in [9.17, 15) is 9.59 Å². The Hall–Kier alpha value is -2.34. The van der Waals surface area contributed by atoms with Crippen LogP contribution in [0.25, 0.3) is 0 Å². The molecule has 1 heterocycles. The fourth-order valence-corrected chi connectivity index (χ4v) is 3.33. The molecule has 2 aromatic carbocycles. The zero-order valence-electron chi connectivity index (χ0n) is 13.8. The summed E-state index contributed by atoms with van der Waals surface area (Å²) < 4.78 is 11.2. The first-order valence-corrected chi connectivity index (χ1v) is 8.73. The van der Waals surface area contributed by atoms with Crippen molar-refractivity contribution >= 4 is 28.0 Å². The fourth-order valence-electron chi connectivity index (χ4n) is 2.95. The summed E-state index contributed by atoms with van der Waals surface area (Å²) in [6, 6.07) is 14.4. The Kier molecular flexibility index (Phi) is 5.38. The Morgan fingerprint density at radius 1 is 1.20 bits per heavy atom. The summed E-state index contributed by atoms with van der Waals surface area (Å²) >= 11 is 3.42. The standard InChI is InChI=1S/C19H18BrNO4/c1-24-18(22)17-16-11-15(20)8-7-14(16)9-10-21(17)19(23)25-12-13-5-3-2-4-6-13/h2-8,11,17H,9-10,12H2,1H3. The van der Waals surface area contributed by atoms with Crippen molar-refractivity contribution in [3.05, 3.63) is 69.7 Å². The number of methoxy groups -OCH3 is 1. The minimum absolute atomic E-state index is 0.162. The molecule has 1 unspecified atom stereocenters. The van der Waals surface area contributed by atoms with Crippen molar-refractivity contribution in [3.8, 4) is 0 Å². The number of benzene rings is 2. The topological polar surface area (TPSA) is 55.8 Å². The predicted molar refractivity (Wildman–Crippen MR) is 95.9 cm³/mol. The molecular weight excluding hydrogens is 386 g/mol. The van der Waals surface area contributed by atoms with Gasteiger partial charge in [-0.3, -0.25) is 4.90 Å². The number of hydrogen-bond acceptors (Lipinski definition) is 4. The number of esters is 1. The Labute approximate surface area is 154 Å². The number of nitrogens with zero attached hydrogens (tertiary/aromatic N) is 1. The largest absolute Gasteiger partial charge is 0.467 e. The van der Waals surface area contributed by atoms with Gasteiger partial charge in [0.1, 0.15) is 6.61 Å². The molecule has 1 aliphatic rings. The molecule has 0 saturated carbocycles. The van der Waals surface area contributed by atoms with Crippen LogP contribution in [0.2, 0.25) is 0 Å². The molecule has 0 N–H and O–H groups in total. The summed E-state index contributed by atoms with van der Waals surface area (Å²) in [6.07, 6.45) is 0.140. The Balaban J connectivity index is 1.82. The van der Waals surface area contributed by atoms with E-state index in [2.05, 4.69) is 15.9 Å². The van der Waals surface area contributed by atoms with Crippen molar-refractivity contribution in [3.63, 3.8) is 0 Å². The van der Waals surface area contributed by atoms with E-state index in [1.807, 2.05) is 48.5 Å². The molecule has 25 heavy (non-hydrogen) atoms. The lowest BCUT2D eigenvalue weighted by Gasteiger charge is -2.34. The maximum Gasteiger partial charge on any atom is 0.411 e. The lowest BCUT2D eigenvalue weighted by molar-refractivity contribution is -0.147. The van der Waals surface area contributed by atoms with Crippen molar-refractivity contribution in [1.29, 1.82) is 0 Å². The molecule has 1 atom stereocenters. The van der Waals surface area contributed by atoms with Gasteiger partial charge < -0.3 is 9.47 Å². The number of halogens is 1. The van der Waals surface area contributed by atoms with Gasteiger partial charge in [-0.05, 0) is 35.2 Å². The van der Waals surface area contributed by atoms with Crippen LogP contribution in [0.15, 0.2) is 53.0 Å². The highest BCUT2D eigenvalue weighted by Gasteiger charge is 2.37. The number of carbonyl (C=O) groups excluding carboxylic acids is 2. The quantitative estimate of drug-likeness (QED) is 0.730. The Morgan fingerprint density at radius 2 is 1.96 bits per heavy atom. The molecule has 0 aliphatic carbocycles. The fraction of sp³-hybridized carbons (Fsp3) is 0.263. The number of fused-ring (bicyclic) bond motifs is 1. The molecule has 0 radical (unpaired) electrons. The number of rotatable bonds is 3. The van der Waals surface area contributed by atoms with E-state index in [1.165, 1.54) is 12.0 Å². The second-order valence-electron chi connectivity index (χ2n) is 5.75. The molecule has 1 amide bonds. The third kappa shape index (κ3) is 3.85. The first-order valence-electron chi connectivity index (χ1n) is 7.93. The van der Waals surface area contributed by atoms with Gasteiger partial charge >= 0.3 is 12.1 Å². The van der Waals surface area contributed by atoms with Crippen LogP contribution in [0, 0.1) is 0 Å². The Bertz CT molecular complexity index is 778. The summed E-state index contributed by atoms with van der Waals surface area (Å²) in [5.74, 6) is -0.476. The van der Waals surface area contributed by atoms with Crippen LogP contribution in [0.4, 0.5) is 4.79 Å². The highest BCUT2D eigenvalue weighted by molar-refractivity contribution is 9.10. The van der Waals surface area contributed by atoms with Crippen molar-refractivity contribution in [2.24, 2.45) is 0 Å². The molecule has 3 rings (SSSR count). The molecule has 5 nitrogen and oxygen atoms in total. The van der Waals surface area contributed by atoms with Crippen LogP contribution in [0.5, 0.6) is 0 Å². The average molecular weight is 404 g/mol. The summed E-state index contributed by atoms with van der Waals surface area (Å²) in [5, 5.41) is 0. The SMILES string of the molecule is COC(=O)C1c2cc(Br)ccc2CCN1C(=O)OCc1ccccc1. The first kappa shape index (κ1) is 17.5. The zero-order chi connectivity index (χ0) is 17.8. The molecule has 2 aromatic rings. The van der Waals surface area contributed by atoms with Gasteiger partial charge in [0.2, 0.25) is 0 Å². The normalized spacial score (nSPS) is 16.1. The molecule has 0 fully saturated rings. The molecule has 1 aliphatic heterocycles. The van der Waals surface area contributed by atoms with Crippen LogP contribution >= 0.6 is 15.9 Å². The van der Waals surface area contributed by atoms with Gasteiger partial charge in [0, 0.05) is 11.0 Å². The summed E-state index contributed by atoms with van der Waals surface area (Å²) in [6.45, 7) is 0.567. The number of ether oxygens (including phenoxy) is 2. The van der Waals surface area contributed by atoms with E-state index in [1.54, 1.807) is 0 Å². The smallest absolute Gasteiger partial charge is 0.411 e. The van der Waals surface area contributed by atoms with Gasteiger partial charge in [0.05, 0.1) is 7.11 Å². The van der Waals surface area contributed by atoms with Crippen LogP contribution in [-0.2, 0) is 27.3 Å². The summed E-state index contributed by atoms with van der Waals surface area (Å²) in [4.78, 5) is 26.4. The van der Waals surface area contributed by atoms with Crippen LogP contribution < -0.4 is 0 Å². The summed E-state index contributed by atoms with van der Waals surface area (Å²) in [5.41, 5.74) is 2.69. The molecule has 0 spiro atoms. The van der Waals surface area contributed by atoms with Crippen LogP contribution in [-0.4, -0.2) is 30.6 Å². The summed E-state index contributed by atoms with van der Waals surface area (Å²) in [7, 11) is 1.32. The molecule has 0 bridgehead atoms.